The Kier molecular flexibility index (Phi) is 5.73. The number of ether oxygens (including phenoxy) is 1. The number of piperidine rings is 1. The van der Waals surface area contributed by atoms with E-state index in [1.54, 1.807) is 0 Å². The molecule has 1 fully saturated rings. The fraction of sp³-hybridized carbons (Fsp3) is 0.467. The maximum absolute atomic E-state index is 12.5. The number of hydrogen-bond donors (Lipinski definition) is 1. The molecule has 0 spiro atoms. The smallest absolute Gasteiger partial charge is 0.315 e. The number of amides is 1. The van der Waals surface area contributed by atoms with Crippen LogP contribution in [0.25, 0.3) is 0 Å². The first-order chi connectivity index (χ1) is 10.9. The minimum Gasteiger partial charge on any atom is -0.469 e. The van der Waals surface area contributed by atoms with Gasteiger partial charge in [-0.15, -0.1) is 0 Å². The van der Waals surface area contributed by atoms with Crippen LogP contribution < -0.4 is 5.32 Å². The lowest BCUT2D eigenvalue weighted by atomic mass is 10.2. The number of esters is 1. The van der Waals surface area contributed by atoms with E-state index in [9.17, 15) is 18.0 Å². The Morgan fingerprint density at radius 3 is 2.30 bits per heavy atom. The second-order valence-corrected chi connectivity index (χ2v) is 7.23. The normalized spacial score (nSPS) is 15.9. The number of carbonyl (C=O) groups is 2. The van der Waals surface area contributed by atoms with Gasteiger partial charge in [-0.25, -0.2) is 8.42 Å². The maximum Gasteiger partial charge on any atom is 0.315 e. The first-order valence-electron chi connectivity index (χ1n) is 7.40. The van der Waals surface area contributed by atoms with Gasteiger partial charge >= 0.3 is 5.97 Å². The first kappa shape index (κ1) is 17.4. The second kappa shape index (κ2) is 7.56. The summed E-state index contributed by atoms with van der Waals surface area (Å²) < 4.78 is 30.9. The molecule has 1 saturated heterocycles. The molecule has 126 valence electrons. The molecule has 8 heteroatoms. The van der Waals surface area contributed by atoms with Crippen molar-refractivity contribution < 1.29 is 22.7 Å². The Labute approximate surface area is 135 Å². The van der Waals surface area contributed by atoms with Gasteiger partial charge in [-0.3, -0.25) is 9.59 Å². The van der Waals surface area contributed by atoms with Crippen molar-refractivity contribution in [2.24, 2.45) is 0 Å². The summed E-state index contributed by atoms with van der Waals surface area (Å²) in [4.78, 5) is 22.8. The Balaban J connectivity index is 2.04. The molecule has 7 nitrogen and oxygen atoms in total. The van der Waals surface area contributed by atoms with E-state index in [2.05, 4.69) is 10.1 Å². The molecule has 0 saturated carbocycles. The average molecular weight is 340 g/mol. The van der Waals surface area contributed by atoms with Crippen molar-refractivity contribution in [3.8, 4) is 0 Å². The molecular weight excluding hydrogens is 320 g/mol. The van der Waals surface area contributed by atoms with Crippen LogP contribution in [0.15, 0.2) is 29.2 Å². The number of benzene rings is 1. The molecule has 1 aliphatic heterocycles. The zero-order valence-corrected chi connectivity index (χ0v) is 13.8. The topological polar surface area (TPSA) is 92.8 Å². The highest BCUT2D eigenvalue weighted by Crippen LogP contribution is 2.22. The van der Waals surface area contributed by atoms with Crippen LogP contribution in [0.3, 0.4) is 0 Å². The highest BCUT2D eigenvalue weighted by Gasteiger charge is 2.25. The summed E-state index contributed by atoms with van der Waals surface area (Å²) in [7, 11) is -2.28. The predicted octanol–water partition coefficient (Wildman–Crippen LogP) is 1.36. The van der Waals surface area contributed by atoms with Gasteiger partial charge in [0.2, 0.25) is 15.9 Å². The number of carbonyl (C=O) groups excluding carboxylic acids is 2. The van der Waals surface area contributed by atoms with E-state index in [4.69, 9.17) is 0 Å². The van der Waals surface area contributed by atoms with Crippen LogP contribution in [0, 0.1) is 0 Å². The van der Waals surface area contributed by atoms with Gasteiger partial charge in [0.25, 0.3) is 0 Å². The minimum atomic E-state index is -3.48. The molecule has 0 unspecified atom stereocenters. The molecule has 1 aliphatic rings. The van der Waals surface area contributed by atoms with Gasteiger partial charge in [0.15, 0.2) is 0 Å². The van der Waals surface area contributed by atoms with Crippen LogP contribution in [-0.2, 0) is 24.3 Å². The van der Waals surface area contributed by atoms with Gasteiger partial charge in [0, 0.05) is 18.8 Å². The summed E-state index contributed by atoms with van der Waals surface area (Å²) in [5.74, 6) is -1.14. The molecule has 0 bridgehead atoms. The molecule has 23 heavy (non-hydrogen) atoms. The van der Waals surface area contributed by atoms with E-state index in [1.807, 2.05) is 0 Å². The van der Waals surface area contributed by atoms with E-state index in [1.165, 1.54) is 35.7 Å². The maximum atomic E-state index is 12.5. The summed E-state index contributed by atoms with van der Waals surface area (Å²) in [6, 6.07) is 5.92. The van der Waals surface area contributed by atoms with Crippen molar-refractivity contribution in [2.45, 2.75) is 30.6 Å². The number of sulfonamides is 1. The van der Waals surface area contributed by atoms with Gasteiger partial charge in [0.1, 0.15) is 6.42 Å². The monoisotopic (exact) mass is 340 g/mol. The molecule has 1 aromatic rings. The van der Waals surface area contributed by atoms with Crippen molar-refractivity contribution in [1.29, 1.82) is 0 Å². The van der Waals surface area contributed by atoms with Gasteiger partial charge in [-0.2, -0.15) is 4.31 Å². The molecule has 0 radical (unpaired) electrons. The van der Waals surface area contributed by atoms with Crippen LogP contribution in [-0.4, -0.2) is 44.8 Å². The van der Waals surface area contributed by atoms with E-state index < -0.39 is 21.9 Å². The third-order valence-corrected chi connectivity index (χ3v) is 5.54. The van der Waals surface area contributed by atoms with Gasteiger partial charge in [0.05, 0.1) is 12.0 Å². The predicted molar refractivity (Wildman–Crippen MR) is 84.3 cm³/mol. The Morgan fingerprint density at radius 1 is 1.13 bits per heavy atom. The van der Waals surface area contributed by atoms with Crippen molar-refractivity contribution in [3.63, 3.8) is 0 Å². The zero-order chi connectivity index (χ0) is 16.9. The molecule has 2 rings (SSSR count). The fourth-order valence-electron chi connectivity index (χ4n) is 2.37. The molecule has 1 N–H and O–H groups in total. The standard InChI is InChI=1S/C15H20N2O5S/c1-22-15(19)11-14(18)16-12-5-7-13(8-6-12)23(20,21)17-9-3-2-4-10-17/h5-8H,2-4,9-11H2,1H3,(H,16,18). The van der Waals surface area contributed by atoms with Crippen molar-refractivity contribution in [2.75, 3.05) is 25.5 Å². The molecule has 1 amide bonds. The third kappa shape index (κ3) is 4.52. The van der Waals surface area contributed by atoms with Crippen molar-refractivity contribution in [3.05, 3.63) is 24.3 Å². The SMILES string of the molecule is COC(=O)CC(=O)Nc1ccc(S(=O)(=O)N2CCCCC2)cc1. The Hall–Kier alpha value is -1.93. The summed E-state index contributed by atoms with van der Waals surface area (Å²) in [6.45, 7) is 1.08. The number of nitrogens with one attached hydrogen (secondary N) is 1. The fourth-order valence-corrected chi connectivity index (χ4v) is 3.89. The lowest BCUT2D eigenvalue weighted by Gasteiger charge is -2.25. The molecule has 1 aromatic carbocycles. The van der Waals surface area contributed by atoms with Crippen molar-refractivity contribution >= 4 is 27.6 Å². The quantitative estimate of drug-likeness (QED) is 0.645. The highest BCUT2D eigenvalue weighted by atomic mass is 32.2. The molecule has 0 aliphatic carbocycles. The average Bonchev–Trinajstić information content (AvgIpc) is 2.56. The summed E-state index contributed by atoms with van der Waals surface area (Å²) >= 11 is 0. The molecular formula is C15H20N2O5S. The van der Waals surface area contributed by atoms with E-state index in [0.29, 0.717) is 18.8 Å². The number of nitrogens with zero attached hydrogens (tertiary/aromatic N) is 1. The lowest BCUT2D eigenvalue weighted by molar-refractivity contribution is -0.142. The Morgan fingerprint density at radius 2 is 1.74 bits per heavy atom. The zero-order valence-electron chi connectivity index (χ0n) is 12.9. The van der Waals surface area contributed by atoms with Crippen LogP contribution in [0.4, 0.5) is 5.69 Å². The van der Waals surface area contributed by atoms with Gasteiger partial charge in [-0.1, -0.05) is 6.42 Å². The molecule has 0 atom stereocenters. The third-order valence-electron chi connectivity index (χ3n) is 3.62. The van der Waals surface area contributed by atoms with Crippen LogP contribution in [0.5, 0.6) is 0 Å². The minimum absolute atomic E-state index is 0.199. The molecule has 0 aromatic heterocycles. The van der Waals surface area contributed by atoms with Crippen LogP contribution in [0.1, 0.15) is 25.7 Å². The van der Waals surface area contributed by atoms with E-state index >= 15 is 0 Å². The largest absolute Gasteiger partial charge is 0.469 e. The summed E-state index contributed by atoms with van der Waals surface area (Å²) in [6.07, 6.45) is 2.42. The molecule has 1 heterocycles. The number of rotatable bonds is 5. The van der Waals surface area contributed by atoms with Gasteiger partial charge in [-0.05, 0) is 37.1 Å². The van der Waals surface area contributed by atoms with Crippen molar-refractivity contribution in [1.82, 2.24) is 4.31 Å². The van der Waals surface area contributed by atoms with E-state index in [0.717, 1.165) is 19.3 Å². The number of methoxy groups -OCH3 is 1. The second-order valence-electron chi connectivity index (χ2n) is 5.29. The van der Waals surface area contributed by atoms with Crippen LogP contribution >= 0.6 is 0 Å². The summed E-state index contributed by atoms with van der Waals surface area (Å²) in [5, 5.41) is 2.52. The van der Waals surface area contributed by atoms with E-state index in [-0.39, 0.29) is 11.3 Å². The first-order valence-corrected chi connectivity index (χ1v) is 8.84. The number of anilines is 1. The van der Waals surface area contributed by atoms with Crippen LogP contribution in [0.2, 0.25) is 0 Å². The Bertz CT molecular complexity index is 664. The number of hydrogen-bond acceptors (Lipinski definition) is 5. The highest BCUT2D eigenvalue weighted by molar-refractivity contribution is 7.89. The summed E-state index contributed by atoms with van der Waals surface area (Å²) in [5.41, 5.74) is 0.427. The van der Waals surface area contributed by atoms with Gasteiger partial charge < -0.3 is 10.1 Å². The lowest BCUT2D eigenvalue weighted by Crippen LogP contribution is -2.35.